The van der Waals surface area contributed by atoms with Gasteiger partial charge in [0.1, 0.15) is 0 Å². The average Bonchev–Trinajstić information content (AvgIpc) is 2.89. The van der Waals surface area contributed by atoms with Gasteiger partial charge in [-0.2, -0.15) is 0 Å². The first-order chi connectivity index (χ1) is 10.2. The number of anilines is 1. The minimum Gasteiger partial charge on any atom is -0.316 e. The van der Waals surface area contributed by atoms with E-state index < -0.39 is 0 Å². The number of amides is 2. The van der Waals surface area contributed by atoms with E-state index in [0.717, 1.165) is 22.3 Å². The maximum atomic E-state index is 12.6. The molecule has 1 atom stereocenters. The minimum absolute atomic E-state index is 0.0336. The molecule has 0 aliphatic carbocycles. The van der Waals surface area contributed by atoms with E-state index in [1.54, 1.807) is 17.3 Å². The van der Waals surface area contributed by atoms with Gasteiger partial charge in [0.15, 0.2) is 0 Å². The molecule has 1 aromatic carbocycles. The van der Waals surface area contributed by atoms with Crippen molar-refractivity contribution < 1.29 is 4.79 Å². The molecule has 21 heavy (non-hydrogen) atoms. The van der Waals surface area contributed by atoms with Gasteiger partial charge in [0.05, 0.1) is 17.9 Å². The van der Waals surface area contributed by atoms with Crippen LogP contribution in [0.4, 0.5) is 10.5 Å². The van der Waals surface area contributed by atoms with Crippen LogP contribution in [0.2, 0.25) is 0 Å². The van der Waals surface area contributed by atoms with E-state index in [0.29, 0.717) is 6.54 Å². The lowest BCUT2D eigenvalue weighted by Gasteiger charge is -2.25. The number of aromatic nitrogens is 1. The molecule has 2 amide bonds. The standard InChI is InChI=1S/C16H16BrN3O/c1-12(13-5-3-2-4-6-13)19-7-8-20(16(19)21)15-9-14(17)10-18-11-15/h2-6,9-12H,7-8H2,1H3/t12-/m0/s1. The lowest BCUT2D eigenvalue weighted by molar-refractivity contribution is 0.205. The maximum absolute atomic E-state index is 12.6. The fourth-order valence-electron chi connectivity index (χ4n) is 2.61. The average molecular weight is 346 g/mol. The third-order valence-corrected chi connectivity index (χ3v) is 4.23. The van der Waals surface area contributed by atoms with Gasteiger partial charge < -0.3 is 4.90 Å². The molecule has 0 saturated carbocycles. The molecule has 1 aromatic heterocycles. The Morgan fingerprint density at radius 2 is 1.95 bits per heavy atom. The van der Waals surface area contributed by atoms with Crippen molar-refractivity contribution in [1.29, 1.82) is 0 Å². The van der Waals surface area contributed by atoms with E-state index in [1.807, 2.05) is 29.2 Å². The fourth-order valence-corrected chi connectivity index (χ4v) is 2.97. The summed E-state index contributed by atoms with van der Waals surface area (Å²) in [5.74, 6) is 0. The van der Waals surface area contributed by atoms with Crippen molar-refractivity contribution in [3.05, 3.63) is 58.8 Å². The number of urea groups is 1. The molecule has 1 fully saturated rings. The van der Waals surface area contributed by atoms with Crippen molar-refractivity contribution in [2.24, 2.45) is 0 Å². The highest BCUT2D eigenvalue weighted by Gasteiger charge is 2.33. The van der Waals surface area contributed by atoms with Gasteiger partial charge in [0, 0.05) is 23.8 Å². The van der Waals surface area contributed by atoms with Crippen LogP contribution in [0.25, 0.3) is 0 Å². The highest BCUT2D eigenvalue weighted by atomic mass is 79.9. The number of hydrogen-bond acceptors (Lipinski definition) is 2. The van der Waals surface area contributed by atoms with Crippen LogP contribution in [-0.4, -0.2) is 29.0 Å². The van der Waals surface area contributed by atoms with Crippen LogP contribution in [0.15, 0.2) is 53.3 Å². The van der Waals surface area contributed by atoms with Crippen molar-refractivity contribution in [2.45, 2.75) is 13.0 Å². The van der Waals surface area contributed by atoms with Gasteiger partial charge in [-0.05, 0) is 34.5 Å². The molecule has 1 saturated heterocycles. The Labute approximate surface area is 132 Å². The number of carbonyl (C=O) groups excluding carboxylic acids is 1. The molecular weight excluding hydrogens is 330 g/mol. The maximum Gasteiger partial charge on any atom is 0.325 e. The molecular formula is C16H16BrN3O. The van der Waals surface area contributed by atoms with Crippen LogP contribution in [0.3, 0.4) is 0 Å². The van der Waals surface area contributed by atoms with Crippen LogP contribution >= 0.6 is 15.9 Å². The monoisotopic (exact) mass is 345 g/mol. The van der Waals surface area contributed by atoms with Gasteiger partial charge in [-0.15, -0.1) is 0 Å². The number of nitrogens with zero attached hydrogens (tertiary/aromatic N) is 3. The van der Waals surface area contributed by atoms with Crippen molar-refractivity contribution >= 4 is 27.6 Å². The topological polar surface area (TPSA) is 36.4 Å². The Kier molecular flexibility index (Phi) is 3.92. The molecule has 0 radical (unpaired) electrons. The third kappa shape index (κ3) is 2.78. The zero-order valence-electron chi connectivity index (χ0n) is 11.7. The number of halogens is 1. The summed E-state index contributed by atoms with van der Waals surface area (Å²) in [7, 11) is 0. The highest BCUT2D eigenvalue weighted by Crippen LogP contribution is 2.28. The smallest absolute Gasteiger partial charge is 0.316 e. The van der Waals surface area contributed by atoms with Crippen LogP contribution in [0, 0.1) is 0 Å². The Bertz CT molecular complexity index is 647. The first-order valence-electron chi connectivity index (χ1n) is 6.90. The third-order valence-electron chi connectivity index (χ3n) is 3.79. The first kappa shape index (κ1) is 14.1. The summed E-state index contributed by atoms with van der Waals surface area (Å²) in [6, 6.07) is 12.1. The van der Waals surface area contributed by atoms with Crippen molar-refractivity contribution in [1.82, 2.24) is 9.88 Å². The van der Waals surface area contributed by atoms with Gasteiger partial charge in [-0.3, -0.25) is 9.88 Å². The summed E-state index contributed by atoms with van der Waals surface area (Å²) in [4.78, 5) is 20.4. The van der Waals surface area contributed by atoms with E-state index >= 15 is 0 Å². The summed E-state index contributed by atoms with van der Waals surface area (Å²) in [5.41, 5.74) is 1.98. The predicted octanol–water partition coefficient (Wildman–Crippen LogP) is 3.85. The van der Waals surface area contributed by atoms with E-state index in [1.165, 1.54) is 0 Å². The van der Waals surface area contributed by atoms with E-state index in [2.05, 4.69) is 40.0 Å². The Balaban J connectivity index is 1.81. The number of pyridine rings is 1. The zero-order chi connectivity index (χ0) is 14.8. The first-order valence-corrected chi connectivity index (χ1v) is 7.70. The normalized spacial score (nSPS) is 16.4. The Morgan fingerprint density at radius 3 is 2.67 bits per heavy atom. The van der Waals surface area contributed by atoms with Crippen LogP contribution in [0.5, 0.6) is 0 Å². The molecule has 0 N–H and O–H groups in total. The number of rotatable bonds is 3. The molecule has 2 aromatic rings. The van der Waals surface area contributed by atoms with E-state index in [-0.39, 0.29) is 12.1 Å². The van der Waals surface area contributed by atoms with Gasteiger partial charge in [0.2, 0.25) is 0 Å². The molecule has 1 aliphatic heterocycles. The van der Waals surface area contributed by atoms with Gasteiger partial charge in [-0.25, -0.2) is 4.79 Å². The number of carbonyl (C=O) groups is 1. The second-order valence-corrected chi connectivity index (χ2v) is 5.99. The van der Waals surface area contributed by atoms with Crippen molar-refractivity contribution in [3.8, 4) is 0 Å². The van der Waals surface area contributed by atoms with Crippen molar-refractivity contribution in [2.75, 3.05) is 18.0 Å². The Hall–Kier alpha value is -1.88. The second-order valence-electron chi connectivity index (χ2n) is 5.08. The van der Waals surface area contributed by atoms with E-state index in [9.17, 15) is 4.79 Å². The zero-order valence-corrected chi connectivity index (χ0v) is 13.3. The molecule has 0 spiro atoms. The molecule has 0 bridgehead atoms. The minimum atomic E-state index is 0.0336. The van der Waals surface area contributed by atoms with E-state index in [4.69, 9.17) is 0 Å². The Morgan fingerprint density at radius 1 is 1.19 bits per heavy atom. The lowest BCUT2D eigenvalue weighted by Crippen LogP contribution is -2.33. The lowest BCUT2D eigenvalue weighted by atomic mass is 10.1. The molecule has 3 rings (SSSR count). The number of benzene rings is 1. The van der Waals surface area contributed by atoms with Crippen LogP contribution < -0.4 is 4.90 Å². The quantitative estimate of drug-likeness (QED) is 0.847. The molecule has 108 valence electrons. The van der Waals surface area contributed by atoms with Gasteiger partial charge in [0.25, 0.3) is 0 Å². The highest BCUT2D eigenvalue weighted by molar-refractivity contribution is 9.10. The molecule has 4 nitrogen and oxygen atoms in total. The summed E-state index contributed by atoms with van der Waals surface area (Å²) < 4.78 is 0.877. The SMILES string of the molecule is C[C@@H](c1ccccc1)N1CCN(c2cncc(Br)c2)C1=O. The van der Waals surface area contributed by atoms with Gasteiger partial charge >= 0.3 is 6.03 Å². The molecule has 1 aliphatic rings. The van der Waals surface area contributed by atoms with Crippen LogP contribution in [0.1, 0.15) is 18.5 Å². The summed E-state index contributed by atoms with van der Waals surface area (Å²) in [5, 5.41) is 0. The van der Waals surface area contributed by atoms with Gasteiger partial charge in [-0.1, -0.05) is 30.3 Å². The molecule has 2 heterocycles. The molecule has 0 unspecified atom stereocenters. The fraction of sp³-hybridized carbons (Fsp3) is 0.250. The predicted molar refractivity (Wildman–Crippen MR) is 86.2 cm³/mol. The largest absolute Gasteiger partial charge is 0.325 e. The second kappa shape index (κ2) is 5.85. The number of hydrogen-bond donors (Lipinski definition) is 0. The molecule has 5 heteroatoms. The summed E-state index contributed by atoms with van der Waals surface area (Å²) in [6.45, 7) is 3.48. The van der Waals surface area contributed by atoms with Crippen molar-refractivity contribution in [3.63, 3.8) is 0 Å². The summed E-state index contributed by atoms with van der Waals surface area (Å²) >= 11 is 3.40. The summed E-state index contributed by atoms with van der Waals surface area (Å²) in [6.07, 6.45) is 3.44. The van der Waals surface area contributed by atoms with Crippen LogP contribution in [-0.2, 0) is 0 Å².